The fourth-order valence-corrected chi connectivity index (χ4v) is 1.91. The van der Waals surface area contributed by atoms with Crippen LogP contribution in [0, 0.1) is 0 Å². The second-order valence-corrected chi connectivity index (χ2v) is 4.76. The summed E-state index contributed by atoms with van der Waals surface area (Å²) in [6.45, 7) is 0.677. The molecule has 0 saturated heterocycles. The second kappa shape index (κ2) is 8.11. The first-order valence-electron chi connectivity index (χ1n) is 7.17. The third-order valence-electron chi connectivity index (χ3n) is 3.02. The molecule has 7 heteroatoms. The maximum Gasteiger partial charge on any atom is 0.291 e. The Morgan fingerprint density at radius 2 is 1.96 bits per heavy atom. The Bertz CT molecular complexity index is 713. The Kier molecular flexibility index (Phi) is 5.90. The van der Waals surface area contributed by atoms with E-state index in [1.165, 1.54) is 6.07 Å². The smallest absolute Gasteiger partial charge is 0.291 e. The van der Waals surface area contributed by atoms with E-state index in [9.17, 15) is 9.59 Å². The van der Waals surface area contributed by atoms with Crippen LogP contribution in [0.25, 0.3) is 0 Å². The fourth-order valence-electron chi connectivity index (χ4n) is 1.91. The zero-order valence-corrected chi connectivity index (χ0v) is 12.6. The van der Waals surface area contributed by atoms with Crippen LogP contribution in [-0.2, 0) is 13.2 Å². The lowest BCUT2D eigenvalue weighted by molar-refractivity contribution is 0.0913. The van der Waals surface area contributed by atoms with E-state index in [0.29, 0.717) is 0 Å². The van der Waals surface area contributed by atoms with E-state index in [-0.39, 0.29) is 43.5 Å². The van der Waals surface area contributed by atoms with Crippen LogP contribution in [0.5, 0.6) is 5.75 Å². The molecule has 2 rings (SSSR count). The quantitative estimate of drug-likeness (QED) is 0.678. The lowest BCUT2D eigenvalue weighted by Gasteiger charge is -2.11. The van der Waals surface area contributed by atoms with Gasteiger partial charge >= 0.3 is 0 Å². The summed E-state index contributed by atoms with van der Waals surface area (Å²) in [7, 11) is 0. The minimum atomic E-state index is -0.564. The number of carbonyl (C=O) groups excluding carboxylic acids is 1. The number of nitrogens with two attached hydrogens (primary N) is 2. The van der Waals surface area contributed by atoms with E-state index in [2.05, 4.69) is 5.32 Å². The van der Waals surface area contributed by atoms with E-state index in [1.54, 1.807) is 0 Å². The van der Waals surface area contributed by atoms with Gasteiger partial charge in [0.1, 0.15) is 12.4 Å². The summed E-state index contributed by atoms with van der Waals surface area (Å²) in [4.78, 5) is 24.3. The summed E-state index contributed by atoms with van der Waals surface area (Å²) in [5, 5.41) is 2.55. The number of hydrogen-bond acceptors (Lipinski definition) is 6. The molecule has 0 bridgehead atoms. The summed E-state index contributed by atoms with van der Waals surface area (Å²) in [6.07, 6.45) is 0. The highest BCUT2D eigenvalue weighted by atomic mass is 16.5. The number of ether oxygens (including phenoxy) is 1. The molecule has 1 amide bonds. The summed E-state index contributed by atoms with van der Waals surface area (Å²) in [6, 6.07) is 10.5. The number of amides is 1. The zero-order valence-electron chi connectivity index (χ0n) is 12.6. The molecule has 5 N–H and O–H groups in total. The van der Waals surface area contributed by atoms with Gasteiger partial charge in [-0.25, -0.2) is 0 Å². The normalized spacial score (nSPS) is 10.3. The largest absolute Gasteiger partial charge is 0.481 e. The molecule has 0 atom stereocenters. The molecule has 0 saturated carbocycles. The lowest BCUT2D eigenvalue weighted by Crippen LogP contribution is -2.30. The number of hydrogen-bond donors (Lipinski definition) is 3. The lowest BCUT2D eigenvalue weighted by atomic mass is 10.2. The van der Waals surface area contributed by atoms with Crippen molar-refractivity contribution >= 4 is 5.91 Å². The van der Waals surface area contributed by atoms with Crippen LogP contribution in [0.15, 0.2) is 45.6 Å². The molecule has 0 aliphatic heterocycles. The van der Waals surface area contributed by atoms with Gasteiger partial charge in [0.05, 0.1) is 6.54 Å². The number of carbonyl (C=O) groups is 1. The van der Waals surface area contributed by atoms with Crippen LogP contribution >= 0.6 is 0 Å². The molecule has 1 heterocycles. The van der Waals surface area contributed by atoms with E-state index < -0.39 is 11.3 Å². The predicted molar refractivity (Wildman–Crippen MR) is 85.0 cm³/mol. The number of rotatable bonds is 7. The summed E-state index contributed by atoms with van der Waals surface area (Å²) in [5.74, 6) is -0.686. The minimum absolute atomic E-state index is 0.00533. The van der Waals surface area contributed by atoms with E-state index in [4.69, 9.17) is 20.6 Å². The average molecular weight is 317 g/mol. The Morgan fingerprint density at radius 3 is 2.61 bits per heavy atom. The molecular weight excluding hydrogens is 298 g/mol. The third kappa shape index (κ3) is 4.41. The number of benzene rings is 1. The Balaban J connectivity index is 2.28. The highest BCUT2D eigenvalue weighted by Gasteiger charge is 2.20. The molecule has 1 aromatic heterocycles. The first-order chi connectivity index (χ1) is 11.2. The highest BCUT2D eigenvalue weighted by molar-refractivity contribution is 5.93. The van der Waals surface area contributed by atoms with Crippen molar-refractivity contribution in [1.29, 1.82) is 0 Å². The highest BCUT2D eigenvalue weighted by Crippen LogP contribution is 2.17. The average Bonchev–Trinajstić information content (AvgIpc) is 2.58. The standard InChI is InChI=1S/C16H19N3O4/c17-6-7-19-16(21)15-14(13(20)8-12(9-18)23-15)22-10-11-4-2-1-3-5-11/h1-5,8H,6-7,9-10,17-18H2,(H,19,21). The molecular formula is C16H19N3O4. The molecule has 0 fully saturated rings. The molecule has 0 spiro atoms. The first-order valence-corrected chi connectivity index (χ1v) is 7.17. The van der Waals surface area contributed by atoms with Crippen LogP contribution < -0.4 is 26.9 Å². The molecule has 1 aromatic carbocycles. The maximum absolute atomic E-state index is 12.2. The van der Waals surface area contributed by atoms with Gasteiger partial charge in [0.15, 0.2) is 0 Å². The SMILES string of the molecule is NCCNC(=O)c1oc(CN)cc(=O)c1OCc1ccccc1. The Hall–Kier alpha value is -2.64. The van der Waals surface area contributed by atoms with Crippen molar-refractivity contribution < 1.29 is 13.9 Å². The van der Waals surface area contributed by atoms with E-state index in [1.807, 2.05) is 30.3 Å². The van der Waals surface area contributed by atoms with Gasteiger partial charge in [-0.2, -0.15) is 0 Å². The predicted octanol–water partition coefficient (Wildman–Crippen LogP) is 0.366. The van der Waals surface area contributed by atoms with Crippen LogP contribution in [0.3, 0.4) is 0 Å². The molecule has 0 radical (unpaired) electrons. The fraction of sp³-hybridized carbons (Fsp3) is 0.250. The van der Waals surface area contributed by atoms with Crippen molar-refractivity contribution in [1.82, 2.24) is 5.32 Å². The van der Waals surface area contributed by atoms with Crippen molar-refractivity contribution in [3.63, 3.8) is 0 Å². The molecule has 0 aliphatic carbocycles. The molecule has 23 heavy (non-hydrogen) atoms. The van der Waals surface area contributed by atoms with Crippen molar-refractivity contribution in [3.8, 4) is 5.75 Å². The van der Waals surface area contributed by atoms with E-state index in [0.717, 1.165) is 5.56 Å². The van der Waals surface area contributed by atoms with Crippen molar-refractivity contribution in [3.05, 3.63) is 63.7 Å². The van der Waals surface area contributed by atoms with Gasteiger partial charge in [0.2, 0.25) is 16.9 Å². The van der Waals surface area contributed by atoms with Gasteiger partial charge in [0, 0.05) is 19.2 Å². The van der Waals surface area contributed by atoms with E-state index >= 15 is 0 Å². The van der Waals surface area contributed by atoms with Crippen molar-refractivity contribution in [2.75, 3.05) is 13.1 Å². The summed E-state index contributed by atoms with van der Waals surface area (Å²) >= 11 is 0. The third-order valence-corrected chi connectivity index (χ3v) is 3.02. The number of nitrogens with one attached hydrogen (secondary N) is 1. The summed E-state index contributed by atoms with van der Waals surface area (Å²) < 4.78 is 10.9. The molecule has 0 unspecified atom stereocenters. The Morgan fingerprint density at radius 1 is 1.22 bits per heavy atom. The van der Waals surface area contributed by atoms with Crippen molar-refractivity contribution in [2.24, 2.45) is 11.5 Å². The van der Waals surface area contributed by atoms with Gasteiger partial charge in [-0.1, -0.05) is 30.3 Å². The van der Waals surface area contributed by atoms with Crippen LogP contribution in [0.1, 0.15) is 21.9 Å². The zero-order chi connectivity index (χ0) is 16.7. The second-order valence-electron chi connectivity index (χ2n) is 4.76. The van der Waals surface area contributed by atoms with Crippen LogP contribution in [0.2, 0.25) is 0 Å². The summed E-state index contributed by atoms with van der Waals surface area (Å²) in [5.41, 5.74) is 11.2. The molecule has 2 aromatic rings. The first kappa shape index (κ1) is 16.7. The van der Waals surface area contributed by atoms with Gasteiger partial charge in [-0.3, -0.25) is 9.59 Å². The van der Waals surface area contributed by atoms with Gasteiger partial charge in [-0.15, -0.1) is 0 Å². The van der Waals surface area contributed by atoms with Crippen LogP contribution in [-0.4, -0.2) is 19.0 Å². The molecule has 0 aliphatic rings. The van der Waals surface area contributed by atoms with Gasteiger partial charge < -0.3 is 25.9 Å². The minimum Gasteiger partial charge on any atom is -0.481 e. The Labute approximate surface area is 133 Å². The molecule has 122 valence electrons. The monoisotopic (exact) mass is 317 g/mol. The maximum atomic E-state index is 12.2. The van der Waals surface area contributed by atoms with Crippen LogP contribution in [0.4, 0.5) is 0 Å². The topological polar surface area (TPSA) is 121 Å². The molecule has 7 nitrogen and oxygen atoms in total. The van der Waals surface area contributed by atoms with Gasteiger partial charge in [-0.05, 0) is 5.56 Å². The van der Waals surface area contributed by atoms with Gasteiger partial charge in [0.25, 0.3) is 5.91 Å². The van der Waals surface area contributed by atoms with Crippen molar-refractivity contribution in [2.45, 2.75) is 13.2 Å².